The predicted molar refractivity (Wildman–Crippen MR) is 116 cm³/mol. The summed E-state index contributed by atoms with van der Waals surface area (Å²) in [4.78, 5) is 29.0. The number of H-pyrrole nitrogens is 1. The Bertz CT molecular complexity index is 1190. The van der Waals surface area contributed by atoms with Crippen LogP contribution in [0.1, 0.15) is 18.4 Å². The first-order valence-electron chi connectivity index (χ1n) is 10.4. The second-order valence-corrected chi connectivity index (χ2v) is 7.78. The van der Waals surface area contributed by atoms with Crippen LogP contribution in [0, 0.1) is 0 Å². The summed E-state index contributed by atoms with van der Waals surface area (Å²) in [5.41, 5.74) is 3.27. The largest absolute Gasteiger partial charge is 0.361 e. The number of rotatable bonds is 5. The summed E-state index contributed by atoms with van der Waals surface area (Å²) >= 11 is 0. The highest BCUT2D eigenvalue weighted by atomic mass is 16.2. The Morgan fingerprint density at radius 1 is 1.10 bits per heavy atom. The second kappa shape index (κ2) is 7.78. The third kappa shape index (κ3) is 3.38. The molecule has 1 fully saturated rings. The molecule has 3 aromatic heterocycles. The van der Waals surface area contributed by atoms with Crippen molar-refractivity contribution >= 4 is 33.7 Å². The molecule has 0 unspecified atom stereocenters. The van der Waals surface area contributed by atoms with Crippen LogP contribution in [-0.2, 0) is 18.3 Å². The van der Waals surface area contributed by atoms with E-state index in [1.165, 1.54) is 10.9 Å². The number of carbonyl (C=O) groups excluding carboxylic acids is 1. The van der Waals surface area contributed by atoms with Gasteiger partial charge in [0.05, 0.1) is 11.6 Å². The van der Waals surface area contributed by atoms with E-state index >= 15 is 0 Å². The molecule has 0 bridgehead atoms. The zero-order valence-electron chi connectivity index (χ0n) is 17.1. The smallest absolute Gasteiger partial charge is 0.222 e. The fourth-order valence-electron chi connectivity index (χ4n) is 4.30. The monoisotopic (exact) mass is 403 g/mol. The van der Waals surface area contributed by atoms with Gasteiger partial charge in [0.1, 0.15) is 12.1 Å². The fraction of sp³-hybridized carbons (Fsp3) is 0.364. The SMILES string of the molecule is Cn1ncc2c(N3CCN(C(=O)CCCc4c[nH]c5ccccc45)CC3)ncnc21. The molecule has 0 radical (unpaired) electrons. The van der Waals surface area contributed by atoms with Crippen LogP contribution in [0.2, 0.25) is 0 Å². The van der Waals surface area contributed by atoms with Crippen molar-refractivity contribution in [1.82, 2.24) is 29.6 Å². The quantitative estimate of drug-likeness (QED) is 0.554. The lowest BCUT2D eigenvalue weighted by molar-refractivity contribution is -0.131. The number of nitrogens with one attached hydrogen (secondary N) is 1. The van der Waals surface area contributed by atoms with Gasteiger partial charge >= 0.3 is 0 Å². The molecule has 8 nitrogen and oxygen atoms in total. The number of aromatic amines is 1. The number of anilines is 1. The van der Waals surface area contributed by atoms with Gasteiger partial charge in [-0.1, -0.05) is 18.2 Å². The number of hydrogen-bond acceptors (Lipinski definition) is 5. The van der Waals surface area contributed by atoms with Crippen LogP contribution >= 0.6 is 0 Å². The maximum absolute atomic E-state index is 12.7. The van der Waals surface area contributed by atoms with Crippen molar-refractivity contribution in [3.8, 4) is 0 Å². The van der Waals surface area contributed by atoms with Crippen LogP contribution in [0.15, 0.2) is 43.0 Å². The third-order valence-corrected chi connectivity index (χ3v) is 5.95. The Morgan fingerprint density at radius 2 is 1.93 bits per heavy atom. The standard InChI is InChI=1S/C22H25N7O/c1-27-21-18(14-26-27)22(25-15-24-21)29-11-9-28(10-12-29)20(30)8-4-5-16-13-23-19-7-3-2-6-17(16)19/h2-3,6-7,13-15,23H,4-5,8-12H2,1H3. The number of fused-ring (bicyclic) bond motifs is 2. The van der Waals surface area contributed by atoms with E-state index < -0.39 is 0 Å². The maximum Gasteiger partial charge on any atom is 0.222 e. The van der Waals surface area contributed by atoms with Gasteiger partial charge in [-0.3, -0.25) is 9.48 Å². The van der Waals surface area contributed by atoms with Crippen molar-refractivity contribution in [1.29, 1.82) is 0 Å². The summed E-state index contributed by atoms with van der Waals surface area (Å²) in [6.45, 7) is 2.99. The normalized spacial score (nSPS) is 14.7. The molecule has 1 amide bonds. The third-order valence-electron chi connectivity index (χ3n) is 5.95. The van der Waals surface area contributed by atoms with Gasteiger partial charge in [-0.2, -0.15) is 5.10 Å². The molecule has 4 aromatic rings. The molecule has 30 heavy (non-hydrogen) atoms. The van der Waals surface area contributed by atoms with Crippen molar-refractivity contribution in [2.45, 2.75) is 19.3 Å². The lowest BCUT2D eigenvalue weighted by Crippen LogP contribution is -2.49. The number of aromatic nitrogens is 5. The minimum absolute atomic E-state index is 0.240. The first-order valence-corrected chi connectivity index (χ1v) is 10.4. The molecule has 0 aliphatic carbocycles. The zero-order chi connectivity index (χ0) is 20.5. The Hall–Kier alpha value is -3.42. The van der Waals surface area contributed by atoms with Gasteiger partial charge in [-0.25, -0.2) is 9.97 Å². The zero-order valence-corrected chi connectivity index (χ0v) is 17.1. The highest BCUT2D eigenvalue weighted by molar-refractivity contribution is 5.87. The number of para-hydroxylation sites is 1. The molecule has 1 N–H and O–H groups in total. The minimum Gasteiger partial charge on any atom is -0.361 e. The fourth-order valence-corrected chi connectivity index (χ4v) is 4.30. The van der Waals surface area contributed by atoms with E-state index in [0.29, 0.717) is 6.42 Å². The number of amides is 1. The molecule has 0 atom stereocenters. The summed E-state index contributed by atoms with van der Waals surface area (Å²) in [5, 5.41) is 6.50. The molecule has 154 valence electrons. The van der Waals surface area contributed by atoms with Crippen LogP contribution in [0.25, 0.3) is 21.9 Å². The van der Waals surface area contributed by atoms with E-state index in [9.17, 15) is 4.79 Å². The van der Waals surface area contributed by atoms with Crippen molar-refractivity contribution in [2.75, 3.05) is 31.1 Å². The molecule has 8 heteroatoms. The lowest BCUT2D eigenvalue weighted by Gasteiger charge is -2.35. The lowest BCUT2D eigenvalue weighted by atomic mass is 10.1. The van der Waals surface area contributed by atoms with Crippen LogP contribution in [0.5, 0.6) is 0 Å². The van der Waals surface area contributed by atoms with E-state index in [-0.39, 0.29) is 5.91 Å². The van der Waals surface area contributed by atoms with Gasteiger partial charge in [0.15, 0.2) is 5.65 Å². The summed E-state index contributed by atoms with van der Waals surface area (Å²) in [6, 6.07) is 8.31. The molecular weight excluding hydrogens is 378 g/mol. The van der Waals surface area contributed by atoms with Gasteiger partial charge in [0.25, 0.3) is 0 Å². The van der Waals surface area contributed by atoms with Crippen LogP contribution in [0.3, 0.4) is 0 Å². The molecule has 1 aromatic carbocycles. The molecule has 1 aliphatic rings. The average molecular weight is 403 g/mol. The van der Waals surface area contributed by atoms with Crippen molar-refractivity contribution < 1.29 is 4.79 Å². The van der Waals surface area contributed by atoms with E-state index in [1.807, 2.05) is 24.2 Å². The number of benzene rings is 1. The van der Waals surface area contributed by atoms with Gasteiger partial charge < -0.3 is 14.8 Å². The topological polar surface area (TPSA) is 82.9 Å². The summed E-state index contributed by atoms with van der Waals surface area (Å²) in [5.74, 6) is 1.14. The predicted octanol–water partition coefficient (Wildman–Crippen LogP) is 2.52. The molecule has 5 rings (SSSR count). The Kier molecular flexibility index (Phi) is 4.82. The van der Waals surface area contributed by atoms with Gasteiger partial charge in [-0.15, -0.1) is 0 Å². The molecule has 0 spiro atoms. The average Bonchev–Trinajstić information content (AvgIpc) is 3.38. The highest BCUT2D eigenvalue weighted by Gasteiger charge is 2.23. The minimum atomic E-state index is 0.240. The van der Waals surface area contributed by atoms with Crippen molar-refractivity contribution in [3.05, 3.63) is 48.5 Å². The Balaban J connectivity index is 1.16. The molecule has 1 saturated heterocycles. The van der Waals surface area contributed by atoms with Crippen molar-refractivity contribution in [3.63, 3.8) is 0 Å². The first kappa shape index (κ1) is 18.6. The summed E-state index contributed by atoms with van der Waals surface area (Å²) < 4.78 is 1.76. The number of carbonyl (C=O) groups is 1. The Labute approximate surface area is 174 Å². The van der Waals surface area contributed by atoms with Gasteiger partial charge in [0.2, 0.25) is 5.91 Å². The second-order valence-electron chi connectivity index (χ2n) is 7.78. The van der Waals surface area contributed by atoms with E-state index in [2.05, 4.69) is 49.3 Å². The number of aryl methyl sites for hydroxylation is 2. The van der Waals surface area contributed by atoms with Crippen LogP contribution < -0.4 is 4.90 Å². The number of hydrogen-bond donors (Lipinski definition) is 1. The van der Waals surface area contributed by atoms with Gasteiger partial charge in [0, 0.05) is 56.7 Å². The molecular formula is C22H25N7O. The molecule has 4 heterocycles. The van der Waals surface area contributed by atoms with Crippen LogP contribution in [-0.4, -0.2) is 61.7 Å². The van der Waals surface area contributed by atoms with E-state index in [1.54, 1.807) is 11.0 Å². The van der Waals surface area contributed by atoms with Gasteiger partial charge in [-0.05, 0) is 24.5 Å². The first-order chi connectivity index (χ1) is 14.7. The summed E-state index contributed by atoms with van der Waals surface area (Å²) in [7, 11) is 1.88. The maximum atomic E-state index is 12.7. The van der Waals surface area contributed by atoms with E-state index in [4.69, 9.17) is 0 Å². The Morgan fingerprint density at radius 3 is 2.80 bits per heavy atom. The number of nitrogens with zero attached hydrogens (tertiary/aromatic N) is 6. The summed E-state index contributed by atoms with van der Waals surface area (Å²) in [6.07, 6.45) is 7.82. The highest BCUT2D eigenvalue weighted by Crippen LogP contribution is 2.24. The van der Waals surface area contributed by atoms with Crippen LogP contribution in [0.4, 0.5) is 5.82 Å². The van der Waals surface area contributed by atoms with E-state index in [0.717, 1.165) is 61.4 Å². The molecule has 1 aliphatic heterocycles. The van der Waals surface area contributed by atoms with Crippen molar-refractivity contribution in [2.24, 2.45) is 7.05 Å². The molecule has 0 saturated carbocycles. The number of piperazine rings is 1.